The van der Waals surface area contributed by atoms with Crippen LogP contribution in [-0.4, -0.2) is 18.2 Å². The van der Waals surface area contributed by atoms with Crippen LogP contribution in [0.2, 0.25) is 0 Å². The molecule has 1 unspecified atom stereocenters. The lowest BCUT2D eigenvalue weighted by molar-refractivity contribution is -0.130. The van der Waals surface area contributed by atoms with Gasteiger partial charge in [-0.05, 0) is 56.7 Å². The summed E-state index contributed by atoms with van der Waals surface area (Å²) in [7, 11) is 0. The lowest BCUT2D eigenvalue weighted by Crippen LogP contribution is -2.49. The van der Waals surface area contributed by atoms with Crippen LogP contribution < -0.4 is 5.32 Å². The average Bonchev–Trinajstić information content (AvgIpc) is 2.32. The van der Waals surface area contributed by atoms with Gasteiger partial charge in [-0.15, -0.1) is 0 Å². The van der Waals surface area contributed by atoms with Gasteiger partial charge in [0.05, 0.1) is 5.60 Å². The highest BCUT2D eigenvalue weighted by Crippen LogP contribution is 2.43. The van der Waals surface area contributed by atoms with Crippen molar-refractivity contribution in [1.29, 1.82) is 0 Å². The second-order valence-corrected chi connectivity index (χ2v) is 6.59. The summed E-state index contributed by atoms with van der Waals surface area (Å²) in [5.74, 6) is 0. The van der Waals surface area contributed by atoms with Crippen LogP contribution >= 0.6 is 15.9 Å². The molecule has 2 fully saturated rings. The summed E-state index contributed by atoms with van der Waals surface area (Å²) in [6, 6.07) is 6.99. The van der Waals surface area contributed by atoms with E-state index in [0.717, 1.165) is 17.5 Å². The fourth-order valence-corrected chi connectivity index (χ4v) is 3.40. The maximum atomic E-state index is 5.97. The predicted octanol–water partition coefficient (Wildman–Crippen LogP) is 4.27. The van der Waals surface area contributed by atoms with Gasteiger partial charge in [-0.25, -0.2) is 0 Å². The van der Waals surface area contributed by atoms with E-state index in [1.54, 1.807) is 0 Å². The van der Waals surface area contributed by atoms with E-state index in [0.29, 0.717) is 6.04 Å². The van der Waals surface area contributed by atoms with E-state index in [2.05, 4.69) is 46.4 Å². The van der Waals surface area contributed by atoms with Gasteiger partial charge in [0.15, 0.2) is 0 Å². The number of hydrogen-bond acceptors (Lipinski definition) is 2. The van der Waals surface area contributed by atoms with Crippen molar-refractivity contribution in [2.45, 2.75) is 50.7 Å². The van der Waals surface area contributed by atoms with Gasteiger partial charge in [-0.3, -0.25) is 0 Å². The molecule has 1 N–H and O–H groups in total. The summed E-state index contributed by atoms with van der Waals surface area (Å²) in [5.41, 5.74) is 2.79. The molecular weight excluding hydrogens is 290 g/mol. The van der Waals surface area contributed by atoms with Gasteiger partial charge in [-0.2, -0.15) is 0 Å². The van der Waals surface area contributed by atoms with Crippen molar-refractivity contribution in [3.8, 4) is 0 Å². The number of anilines is 1. The van der Waals surface area contributed by atoms with E-state index in [1.165, 1.54) is 36.9 Å². The quantitative estimate of drug-likeness (QED) is 0.881. The Hall–Kier alpha value is -0.540. The van der Waals surface area contributed by atoms with E-state index < -0.39 is 0 Å². The molecule has 0 radical (unpaired) electrons. The Morgan fingerprint density at radius 3 is 2.94 bits per heavy atom. The first-order valence-corrected chi connectivity index (χ1v) is 7.63. The zero-order valence-electron chi connectivity index (χ0n) is 10.8. The number of rotatable bonds is 2. The molecule has 1 aromatic carbocycles. The number of halogens is 1. The van der Waals surface area contributed by atoms with E-state index in [9.17, 15) is 0 Å². The third kappa shape index (κ3) is 2.43. The number of nitrogens with one attached hydrogen (secondary N) is 1. The summed E-state index contributed by atoms with van der Waals surface area (Å²) < 4.78 is 7.11. The van der Waals surface area contributed by atoms with Gasteiger partial charge in [0.25, 0.3) is 0 Å². The molecule has 3 heteroatoms. The minimum absolute atomic E-state index is 0.218. The summed E-state index contributed by atoms with van der Waals surface area (Å²) in [4.78, 5) is 0. The van der Waals surface area contributed by atoms with Gasteiger partial charge < -0.3 is 10.1 Å². The summed E-state index contributed by atoms with van der Waals surface area (Å²) >= 11 is 3.54. The van der Waals surface area contributed by atoms with Crippen LogP contribution in [0.5, 0.6) is 0 Å². The molecule has 1 aliphatic carbocycles. The Morgan fingerprint density at radius 2 is 2.22 bits per heavy atom. The molecule has 1 aromatic rings. The van der Waals surface area contributed by atoms with E-state index in [-0.39, 0.29) is 5.60 Å². The second kappa shape index (κ2) is 4.86. The lowest BCUT2D eigenvalue weighted by Gasteiger charge is -2.47. The van der Waals surface area contributed by atoms with Gasteiger partial charge >= 0.3 is 0 Å². The lowest BCUT2D eigenvalue weighted by atomic mass is 9.74. The predicted molar refractivity (Wildman–Crippen MR) is 78.1 cm³/mol. The van der Waals surface area contributed by atoms with E-state index >= 15 is 0 Å². The summed E-state index contributed by atoms with van der Waals surface area (Å²) in [6.45, 7) is 3.07. The topological polar surface area (TPSA) is 21.3 Å². The first kappa shape index (κ1) is 12.5. The monoisotopic (exact) mass is 309 g/mol. The zero-order chi connectivity index (χ0) is 12.6. The fourth-order valence-electron chi connectivity index (χ4n) is 3.04. The van der Waals surface area contributed by atoms with Gasteiger partial charge in [0.2, 0.25) is 0 Å². The van der Waals surface area contributed by atoms with Crippen LogP contribution in [0.25, 0.3) is 0 Å². The van der Waals surface area contributed by atoms with Crippen molar-refractivity contribution in [2.24, 2.45) is 0 Å². The van der Waals surface area contributed by atoms with Crippen LogP contribution in [0, 0.1) is 6.92 Å². The molecule has 98 valence electrons. The highest BCUT2D eigenvalue weighted by atomic mass is 79.9. The van der Waals surface area contributed by atoms with E-state index in [4.69, 9.17) is 4.74 Å². The Kier molecular flexibility index (Phi) is 3.37. The third-order valence-corrected chi connectivity index (χ3v) is 4.81. The molecule has 0 aromatic heterocycles. The zero-order valence-corrected chi connectivity index (χ0v) is 12.4. The molecule has 1 atom stereocenters. The number of ether oxygens (including phenoxy) is 1. The number of aryl methyl sites for hydroxylation is 1. The van der Waals surface area contributed by atoms with Crippen LogP contribution in [0.15, 0.2) is 22.7 Å². The van der Waals surface area contributed by atoms with Gasteiger partial charge in [0, 0.05) is 22.8 Å². The summed E-state index contributed by atoms with van der Waals surface area (Å²) in [5, 5.41) is 3.70. The number of benzene rings is 1. The second-order valence-electron chi connectivity index (χ2n) is 5.68. The van der Waals surface area contributed by atoms with Crippen molar-refractivity contribution in [1.82, 2.24) is 0 Å². The van der Waals surface area contributed by atoms with Crippen LogP contribution in [0.4, 0.5) is 5.69 Å². The van der Waals surface area contributed by atoms with Gasteiger partial charge in [-0.1, -0.05) is 22.0 Å². The molecule has 1 saturated heterocycles. The minimum Gasteiger partial charge on any atom is -0.382 e. The first-order valence-electron chi connectivity index (χ1n) is 6.84. The summed E-state index contributed by atoms with van der Waals surface area (Å²) in [6.07, 6.45) is 6.13. The Labute approximate surface area is 117 Å². The molecule has 1 saturated carbocycles. The maximum absolute atomic E-state index is 5.97. The average molecular weight is 310 g/mol. The smallest absolute Gasteiger partial charge is 0.0702 e. The van der Waals surface area contributed by atoms with Crippen molar-refractivity contribution < 1.29 is 4.74 Å². The highest BCUT2D eigenvalue weighted by molar-refractivity contribution is 9.10. The largest absolute Gasteiger partial charge is 0.382 e. The van der Waals surface area contributed by atoms with Crippen molar-refractivity contribution in [3.05, 3.63) is 28.2 Å². The highest BCUT2D eigenvalue weighted by Gasteiger charge is 2.42. The molecule has 18 heavy (non-hydrogen) atoms. The third-order valence-electron chi connectivity index (χ3n) is 4.32. The molecule has 1 aliphatic heterocycles. The minimum atomic E-state index is 0.218. The maximum Gasteiger partial charge on any atom is 0.0702 e. The van der Waals surface area contributed by atoms with Crippen LogP contribution in [0.1, 0.15) is 37.7 Å². The van der Waals surface area contributed by atoms with E-state index in [1.807, 2.05) is 0 Å². The Bertz CT molecular complexity index is 442. The number of hydrogen-bond donors (Lipinski definition) is 1. The molecule has 1 heterocycles. The van der Waals surface area contributed by atoms with Crippen molar-refractivity contribution >= 4 is 21.6 Å². The normalized spacial score (nSPS) is 25.8. The molecule has 0 bridgehead atoms. The molecule has 3 rings (SSSR count). The Morgan fingerprint density at radius 1 is 1.39 bits per heavy atom. The van der Waals surface area contributed by atoms with Crippen LogP contribution in [-0.2, 0) is 4.74 Å². The van der Waals surface area contributed by atoms with Crippen molar-refractivity contribution in [2.75, 3.05) is 11.9 Å². The SMILES string of the molecule is Cc1ccc(Br)cc1NC1CCOC2(CCC2)C1. The molecule has 2 aliphatic rings. The molecule has 1 spiro atoms. The molecular formula is C15H20BrNO. The fraction of sp³-hybridized carbons (Fsp3) is 0.600. The first-order chi connectivity index (χ1) is 8.67. The van der Waals surface area contributed by atoms with Gasteiger partial charge in [0.1, 0.15) is 0 Å². The van der Waals surface area contributed by atoms with Crippen LogP contribution in [0.3, 0.4) is 0 Å². The standard InChI is InChI=1S/C15H20BrNO/c1-11-3-4-12(16)9-14(11)17-13-5-8-18-15(10-13)6-2-7-15/h3-4,9,13,17H,2,5-8,10H2,1H3. The van der Waals surface area contributed by atoms with Crippen molar-refractivity contribution in [3.63, 3.8) is 0 Å². The molecule has 0 amide bonds. The molecule has 2 nitrogen and oxygen atoms in total. The Balaban J connectivity index is 1.70.